The average Bonchev–Trinajstić information content (AvgIpc) is 2.41. The molecular formula is C14H17NO. The Balaban J connectivity index is 0.000000606. The van der Waals surface area contributed by atoms with Gasteiger partial charge in [-0.3, -0.25) is 0 Å². The van der Waals surface area contributed by atoms with Crippen LogP contribution >= 0.6 is 0 Å². The summed E-state index contributed by atoms with van der Waals surface area (Å²) in [5, 5.41) is 0. The molecule has 0 amide bonds. The Hall–Kier alpha value is -1.83. The third-order valence-corrected chi connectivity index (χ3v) is 1.87. The quantitative estimate of drug-likeness (QED) is 0.779. The summed E-state index contributed by atoms with van der Waals surface area (Å²) in [4.78, 5) is 4.07. The first-order chi connectivity index (χ1) is 7.95. The molecule has 0 bridgehead atoms. The van der Waals surface area contributed by atoms with Crippen molar-refractivity contribution >= 4 is 0 Å². The van der Waals surface area contributed by atoms with Crippen molar-refractivity contribution < 1.29 is 4.74 Å². The summed E-state index contributed by atoms with van der Waals surface area (Å²) < 4.78 is 5.48. The van der Waals surface area contributed by atoms with Gasteiger partial charge in [-0.1, -0.05) is 50.2 Å². The normalized spacial score (nSPS) is 8.88. The first-order valence-electron chi connectivity index (χ1n) is 5.53. The zero-order chi connectivity index (χ0) is 11.6. The molecule has 1 aromatic heterocycles. The lowest BCUT2D eigenvalue weighted by molar-refractivity contribution is 0.294. The largest absolute Gasteiger partial charge is 0.473 e. The number of pyridine rings is 1. The second kappa shape index (κ2) is 7.46. The molecule has 0 aliphatic heterocycles. The number of rotatable bonds is 3. The fourth-order valence-corrected chi connectivity index (χ4v) is 1.16. The Kier molecular flexibility index (Phi) is 5.71. The van der Waals surface area contributed by atoms with Gasteiger partial charge in [0.2, 0.25) is 5.88 Å². The topological polar surface area (TPSA) is 22.1 Å². The number of hydrogen-bond donors (Lipinski definition) is 0. The van der Waals surface area contributed by atoms with E-state index in [1.165, 1.54) is 0 Å². The highest BCUT2D eigenvalue weighted by atomic mass is 16.5. The van der Waals surface area contributed by atoms with Crippen molar-refractivity contribution in [2.45, 2.75) is 20.5 Å². The van der Waals surface area contributed by atoms with E-state index in [-0.39, 0.29) is 0 Å². The standard InChI is InChI=1S/C12H11NO.C2H6/c1-2-6-11(7-3-1)10-14-12-8-4-5-9-13-12;1-2/h1-9H,10H2;1-2H3. The molecule has 2 heteroatoms. The number of hydrogen-bond acceptors (Lipinski definition) is 2. The van der Waals surface area contributed by atoms with Crippen LogP contribution in [0.25, 0.3) is 0 Å². The summed E-state index contributed by atoms with van der Waals surface area (Å²) in [5.41, 5.74) is 1.15. The molecule has 0 atom stereocenters. The molecule has 0 radical (unpaired) electrons. The van der Waals surface area contributed by atoms with E-state index in [0.29, 0.717) is 12.5 Å². The van der Waals surface area contributed by atoms with E-state index in [1.54, 1.807) is 6.20 Å². The number of aromatic nitrogens is 1. The van der Waals surface area contributed by atoms with Crippen molar-refractivity contribution in [1.29, 1.82) is 0 Å². The number of nitrogens with zero attached hydrogens (tertiary/aromatic N) is 1. The molecule has 2 nitrogen and oxygen atoms in total. The van der Waals surface area contributed by atoms with Crippen LogP contribution in [0.15, 0.2) is 54.7 Å². The zero-order valence-electron chi connectivity index (χ0n) is 9.76. The van der Waals surface area contributed by atoms with Gasteiger partial charge in [0.1, 0.15) is 6.61 Å². The lowest BCUT2D eigenvalue weighted by Gasteiger charge is -2.03. The van der Waals surface area contributed by atoms with Crippen LogP contribution in [0.4, 0.5) is 0 Å². The van der Waals surface area contributed by atoms with Gasteiger partial charge in [0, 0.05) is 12.3 Å². The second-order valence-corrected chi connectivity index (χ2v) is 2.94. The van der Waals surface area contributed by atoms with Gasteiger partial charge < -0.3 is 4.74 Å². The maximum atomic E-state index is 5.48. The highest BCUT2D eigenvalue weighted by Crippen LogP contribution is 2.07. The van der Waals surface area contributed by atoms with Crippen LogP contribution in [0.5, 0.6) is 5.88 Å². The molecule has 0 aliphatic rings. The molecule has 2 aromatic rings. The van der Waals surface area contributed by atoms with Crippen LogP contribution < -0.4 is 4.74 Å². The van der Waals surface area contributed by atoms with Crippen molar-refractivity contribution in [2.75, 3.05) is 0 Å². The summed E-state index contributed by atoms with van der Waals surface area (Å²) in [5.74, 6) is 0.663. The van der Waals surface area contributed by atoms with Gasteiger partial charge in [-0.05, 0) is 11.6 Å². The molecule has 2 rings (SSSR count). The Bertz CT molecular complexity index is 333. The maximum Gasteiger partial charge on any atom is 0.213 e. The third kappa shape index (κ3) is 4.13. The highest BCUT2D eigenvalue weighted by Gasteiger charge is 1.93. The fourth-order valence-electron chi connectivity index (χ4n) is 1.16. The molecular weight excluding hydrogens is 198 g/mol. The summed E-state index contributed by atoms with van der Waals surface area (Å²) in [7, 11) is 0. The minimum Gasteiger partial charge on any atom is -0.473 e. The molecule has 0 aliphatic carbocycles. The van der Waals surface area contributed by atoms with Crippen molar-refractivity contribution in [3.63, 3.8) is 0 Å². The maximum absolute atomic E-state index is 5.48. The van der Waals surface area contributed by atoms with Gasteiger partial charge in [0.05, 0.1) is 0 Å². The van der Waals surface area contributed by atoms with Crippen molar-refractivity contribution in [3.8, 4) is 5.88 Å². The van der Waals surface area contributed by atoms with E-state index in [4.69, 9.17) is 4.74 Å². The molecule has 0 spiro atoms. The Morgan fingerprint density at radius 3 is 2.25 bits per heavy atom. The van der Waals surface area contributed by atoms with Crippen LogP contribution in [-0.2, 0) is 6.61 Å². The zero-order valence-corrected chi connectivity index (χ0v) is 9.76. The molecule has 1 aromatic carbocycles. The lowest BCUT2D eigenvalue weighted by atomic mass is 10.2. The molecule has 16 heavy (non-hydrogen) atoms. The molecule has 84 valence electrons. The van der Waals surface area contributed by atoms with Gasteiger partial charge in [0.15, 0.2) is 0 Å². The van der Waals surface area contributed by atoms with Crippen LogP contribution in [0.3, 0.4) is 0 Å². The Labute approximate surface area is 96.9 Å². The van der Waals surface area contributed by atoms with Crippen LogP contribution in [0, 0.1) is 0 Å². The van der Waals surface area contributed by atoms with Gasteiger partial charge in [-0.2, -0.15) is 0 Å². The molecule has 0 saturated carbocycles. The van der Waals surface area contributed by atoms with Crippen LogP contribution in [0.2, 0.25) is 0 Å². The van der Waals surface area contributed by atoms with Crippen LogP contribution in [0.1, 0.15) is 19.4 Å². The summed E-state index contributed by atoms with van der Waals surface area (Å²) in [6, 6.07) is 15.7. The van der Waals surface area contributed by atoms with E-state index >= 15 is 0 Å². The molecule has 0 fully saturated rings. The second-order valence-electron chi connectivity index (χ2n) is 2.94. The summed E-state index contributed by atoms with van der Waals surface area (Å²) >= 11 is 0. The monoisotopic (exact) mass is 215 g/mol. The molecule has 0 unspecified atom stereocenters. The van der Waals surface area contributed by atoms with Crippen molar-refractivity contribution in [1.82, 2.24) is 4.98 Å². The first kappa shape index (κ1) is 12.2. The van der Waals surface area contributed by atoms with Gasteiger partial charge >= 0.3 is 0 Å². The predicted molar refractivity (Wildman–Crippen MR) is 66.4 cm³/mol. The van der Waals surface area contributed by atoms with E-state index in [2.05, 4.69) is 4.98 Å². The lowest BCUT2D eigenvalue weighted by Crippen LogP contribution is -1.95. The van der Waals surface area contributed by atoms with E-state index in [1.807, 2.05) is 62.4 Å². The minimum atomic E-state index is 0.567. The highest BCUT2D eigenvalue weighted by molar-refractivity contribution is 5.15. The SMILES string of the molecule is CC.c1ccc(COc2ccccn2)cc1. The average molecular weight is 215 g/mol. The Morgan fingerprint density at radius 2 is 1.62 bits per heavy atom. The Morgan fingerprint density at radius 1 is 0.938 bits per heavy atom. The van der Waals surface area contributed by atoms with E-state index in [9.17, 15) is 0 Å². The van der Waals surface area contributed by atoms with Gasteiger partial charge in [-0.25, -0.2) is 4.98 Å². The molecule has 1 heterocycles. The predicted octanol–water partition coefficient (Wildman–Crippen LogP) is 3.69. The number of benzene rings is 1. The van der Waals surface area contributed by atoms with Crippen molar-refractivity contribution in [2.24, 2.45) is 0 Å². The van der Waals surface area contributed by atoms with E-state index < -0.39 is 0 Å². The van der Waals surface area contributed by atoms with Gasteiger partial charge in [0.25, 0.3) is 0 Å². The molecule has 0 saturated heterocycles. The summed E-state index contributed by atoms with van der Waals surface area (Å²) in [6.45, 7) is 4.57. The smallest absolute Gasteiger partial charge is 0.213 e. The van der Waals surface area contributed by atoms with Gasteiger partial charge in [-0.15, -0.1) is 0 Å². The van der Waals surface area contributed by atoms with E-state index in [0.717, 1.165) is 5.56 Å². The van der Waals surface area contributed by atoms with Crippen LogP contribution in [-0.4, -0.2) is 4.98 Å². The first-order valence-corrected chi connectivity index (χ1v) is 5.53. The fraction of sp³-hybridized carbons (Fsp3) is 0.214. The molecule has 0 N–H and O–H groups in total. The third-order valence-electron chi connectivity index (χ3n) is 1.87. The minimum absolute atomic E-state index is 0.567. The van der Waals surface area contributed by atoms with Crippen molar-refractivity contribution in [3.05, 3.63) is 60.3 Å². The number of ether oxygens (including phenoxy) is 1. The summed E-state index contributed by atoms with van der Waals surface area (Å²) in [6.07, 6.45) is 1.72.